The van der Waals surface area contributed by atoms with Crippen LogP contribution in [0.4, 0.5) is 32.4 Å². The Hall–Kier alpha value is -3.74. The number of carbonyl (C=O) groups excluding carboxylic acids is 3. The Morgan fingerprint density at radius 1 is 1.08 bits per heavy atom. The molecule has 0 aromatic heterocycles. The number of aliphatic hydroxyl groups is 1. The maximum Gasteiger partial charge on any atom is 0.455 e. The molecule has 196 valence electrons. The molecular formula is C23H24F5N3O5. The van der Waals surface area contributed by atoms with Crippen molar-refractivity contribution in [1.29, 1.82) is 0 Å². The third-order valence-corrected chi connectivity index (χ3v) is 5.02. The summed E-state index contributed by atoms with van der Waals surface area (Å²) < 4.78 is 63.7. The Morgan fingerprint density at radius 3 is 2.25 bits per heavy atom. The number of fused-ring (bicyclic) bond motifs is 3. The Balaban J connectivity index is 0.000000256. The molecule has 0 radical (unpaired) electrons. The molecule has 1 aliphatic rings. The first-order valence-corrected chi connectivity index (χ1v) is 10.6. The summed E-state index contributed by atoms with van der Waals surface area (Å²) in [7, 11) is 0. The van der Waals surface area contributed by atoms with Crippen LogP contribution < -0.4 is 16.0 Å². The number of hydrogen-bond donors (Lipinski definition) is 3. The summed E-state index contributed by atoms with van der Waals surface area (Å²) in [4.78, 5) is 35.1. The van der Waals surface area contributed by atoms with Crippen LogP contribution in [0, 0.1) is 0 Å². The highest BCUT2D eigenvalue weighted by Crippen LogP contribution is 2.36. The molecule has 13 heteroatoms. The van der Waals surface area contributed by atoms with Gasteiger partial charge in [0.05, 0.1) is 25.3 Å². The van der Waals surface area contributed by atoms with Gasteiger partial charge in [0.15, 0.2) is 6.10 Å². The number of alkyl carbamates (subject to hydrolysis) is 1. The molecule has 0 fully saturated rings. The topological polar surface area (TPSA) is 122 Å². The molecule has 1 aliphatic heterocycles. The van der Waals surface area contributed by atoms with E-state index in [1.54, 1.807) is 4.90 Å². The fourth-order valence-electron chi connectivity index (χ4n) is 3.16. The molecule has 0 unspecified atom stereocenters. The van der Waals surface area contributed by atoms with Gasteiger partial charge in [-0.05, 0) is 24.1 Å². The fraction of sp³-hybridized carbons (Fsp3) is 0.348. The second kappa shape index (κ2) is 11.8. The van der Waals surface area contributed by atoms with E-state index in [0.29, 0.717) is 13.0 Å². The molecule has 0 saturated carbocycles. The first-order valence-electron chi connectivity index (χ1n) is 10.6. The second-order valence-electron chi connectivity index (χ2n) is 7.63. The summed E-state index contributed by atoms with van der Waals surface area (Å²) in [6.45, 7) is -0.648. The third-order valence-electron chi connectivity index (χ3n) is 5.02. The van der Waals surface area contributed by atoms with E-state index in [1.807, 2.05) is 48.5 Å². The molecule has 2 aromatic carbocycles. The number of halogens is 5. The normalized spacial score (nSPS) is 13.9. The molecule has 3 amide bonds. The van der Waals surface area contributed by atoms with Crippen molar-refractivity contribution in [3.63, 3.8) is 0 Å². The predicted octanol–water partition coefficient (Wildman–Crippen LogP) is 3.02. The molecule has 1 atom stereocenters. The Labute approximate surface area is 202 Å². The fourth-order valence-corrected chi connectivity index (χ4v) is 3.16. The number of ether oxygens (including phenoxy) is 1. The number of carbonyl (C=O) groups is 3. The van der Waals surface area contributed by atoms with Gasteiger partial charge in [0, 0.05) is 12.1 Å². The molecule has 36 heavy (non-hydrogen) atoms. The number of nitrogens with one attached hydrogen (secondary N) is 1. The number of anilines is 1. The summed E-state index contributed by atoms with van der Waals surface area (Å²) in [5.41, 5.74) is 8.74. The van der Waals surface area contributed by atoms with Crippen molar-refractivity contribution in [3.8, 4) is 11.1 Å². The van der Waals surface area contributed by atoms with Crippen LogP contribution in [0.15, 0.2) is 48.5 Å². The minimum Gasteiger partial charge on any atom is -0.436 e. The van der Waals surface area contributed by atoms with Crippen molar-refractivity contribution >= 4 is 23.6 Å². The van der Waals surface area contributed by atoms with Crippen molar-refractivity contribution in [1.82, 2.24) is 5.32 Å². The van der Waals surface area contributed by atoms with Gasteiger partial charge < -0.3 is 25.8 Å². The number of hydrogen-bond acceptors (Lipinski definition) is 5. The van der Waals surface area contributed by atoms with E-state index in [-0.39, 0.29) is 12.5 Å². The van der Waals surface area contributed by atoms with E-state index in [9.17, 15) is 41.4 Å². The lowest BCUT2D eigenvalue weighted by Gasteiger charge is -2.21. The number of primary amides is 1. The van der Waals surface area contributed by atoms with Gasteiger partial charge in [-0.25, -0.2) is 4.79 Å². The number of nitrogens with zero attached hydrogens (tertiary/aromatic N) is 1. The molecule has 0 spiro atoms. The largest absolute Gasteiger partial charge is 0.455 e. The van der Waals surface area contributed by atoms with Crippen LogP contribution in [0.1, 0.15) is 12.5 Å². The number of para-hydroxylation sites is 1. The first kappa shape index (κ1) is 28.5. The molecule has 2 aromatic rings. The van der Waals surface area contributed by atoms with E-state index in [2.05, 4.69) is 10.5 Å². The van der Waals surface area contributed by atoms with Gasteiger partial charge >= 0.3 is 18.2 Å². The summed E-state index contributed by atoms with van der Waals surface area (Å²) in [6.07, 6.45) is -8.43. The van der Waals surface area contributed by atoms with Gasteiger partial charge in [-0.1, -0.05) is 42.5 Å². The van der Waals surface area contributed by atoms with Crippen molar-refractivity contribution in [2.75, 3.05) is 24.6 Å². The molecule has 0 bridgehead atoms. The summed E-state index contributed by atoms with van der Waals surface area (Å²) in [6, 6.07) is 15.8. The average molecular weight is 517 g/mol. The quantitative estimate of drug-likeness (QED) is 0.509. The molecular weight excluding hydrogens is 493 g/mol. The molecule has 8 nitrogen and oxygen atoms in total. The molecule has 0 aliphatic carbocycles. The van der Waals surface area contributed by atoms with Gasteiger partial charge in [0.2, 0.25) is 5.91 Å². The number of β-amino-alcohol motifs (C(OH)–C–C–N with tert-alkyl or cyclic N) is 1. The number of alkyl halides is 5. The minimum absolute atomic E-state index is 0.0313. The molecule has 0 saturated heterocycles. The zero-order valence-corrected chi connectivity index (χ0v) is 19.0. The van der Waals surface area contributed by atoms with Crippen LogP contribution in [0.5, 0.6) is 0 Å². The van der Waals surface area contributed by atoms with Crippen molar-refractivity contribution in [2.24, 2.45) is 5.73 Å². The van der Waals surface area contributed by atoms with Crippen molar-refractivity contribution in [2.45, 2.75) is 31.5 Å². The molecule has 4 N–H and O–H groups in total. The van der Waals surface area contributed by atoms with Gasteiger partial charge in [0.1, 0.15) is 0 Å². The Morgan fingerprint density at radius 2 is 1.67 bits per heavy atom. The SMILES string of the molecule is C[C@H](OC(=O)NCC(F)(F)C(F)(F)F)C(N)=O.O=C1Cc2ccccc2-c2ccccc2N1CCO. The van der Waals surface area contributed by atoms with E-state index < -0.39 is 36.7 Å². The number of nitrogens with two attached hydrogens (primary N) is 1. The van der Waals surface area contributed by atoms with E-state index in [4.69, 9.17) is 0 Å². The number of benzene rings is 2. The lowest BCUT2D eigenvalue weighted by molar-refractivity contribution is -0.278. The van der Waals surface area contributed by atoms with E-state index >= 15 is 0 Å². The van der Waals surface area contributed by atoms with Gasteiger partial charge in [-0.3, -0.25) is 9.59 Å². The van der Waals surface area contributed by atoms with Crippen LogP contribution >= 0.6 is 0 Å². The highest BCUT2D eigenvalue weighted by atomic mass is 19.4. The summed E-state index contributed by atoms with van der Waals surface area (Å²) in [5, 5.41) is 10.4. The van der Waals surface area contributed by atoms with E-state index in [0.717, 1.165) is 29.3 Å². The maximum absolute atomic E-state index is 12.3. The zero-order chi connectivity index (χ0) is 27.1. The van der Waals surface area contributed by atoms with E-state index in [1.165, 1.54) is 5.32 Å². The maximum atomic E-state index is 12.3. The van der Waals surface area contributed by atoms with Gasteiger partial charge in [0.25, 0.3) is 5.91 Å². The number of rotatable bonds is 6. The van der Waals surface area contributed by atoms with Crippen LogP contribution in [-0.4, -0.2) is 60.9 Å². The smallest absolute Gasteiger partial charge is 0.436 e. The zero-order valence-electron chi connectivity index (χ0n) is 19.0. The van der Waals surface area contributed by atoms with Crippen LogP contribution in [0.25, 0.3) is 11.1 Å². The monoisotopic (exact) mass is 517 g/mol. The minimum atomic E-state index is -5.78. The molecule has 1 heterocycles. The lowest BCUT2D eigenvalue weighted by Crippen LogP contribution is -2.47. The standard InChI is InChI=1S/C16H15NO2.C7H9F5N2O3/c18-10-9-17-15-8-4-3-7-14(15)13-6-2-1-5-12(13)11-16(17)19;1-3(4(13)15)17-5(16)14-2-6(8,9)7(10,11)12/h1-8,18H,9-11H2;3H,2H2,1H3,(H2,13,15)(H,14,16)/t;3-/m.0/s1. The van der Waals surface area contributed by atoms with Crippen molar-refractivity contribution < 1.29 is 46.2 Å². The van der Waals surface area contributed by atoms with Crippen molar-refractivity contribution in [3.05, 3.63) is 54.1 Å². The average Bonchev–Trinajstić information content (AvgIpc) is 2.92. The van der Waals surface area contributed by atoms with Crippen LogP contribution in [-0.2, 0) is 20.7 Å². The van der Waals surface area contributed by atoms with Gasteiger partial charge in [-0.2, -0.15) is 22.0 Å². The highest BCUT2D eigenvalue weighted by Gasteiger charge is 2.57. The third kappa shape index (κ3) is 7.13. The summed E-state index contributed by atoms with van der Waals surface area (Å²) in [5.74, 6) is -6.11. The first-order chi connectivity index (χ1) is 16.8. The Bertz CT molecular complexity index is 1090. The van der Waals surface area contributed by atoms with Gasteiger partial charge in [-0.15, -0.1) is 0 Å². The van der Waals surface area contributed by atoms with Crippen LogP contribution in [0.3, 0.4) is 0 Å². The highest BCUT2D eigenvalue weighted by molar-refractivity contribution is 6.02. The summed E-state index contributed by atoms with van der Waals surface area (Å²) >= 11 is 0. The molecule has 3 rings (SSSR count). The predicted molar refractivity (Wildman–Crippen MR) is 119 cm³/mol. The van der Waals surface area contributed by atoms with Crippen LogP contribution in [0.2, 0.25) is 0 Å². The second-order valence-corrected chi connectivity index (χ2v) is 7.63. The number of amides is 3. The lowest BCUT2D eigenvalue weighted by atomic mass is 9.98. The Kier molecular flexibility index (Phi) is 9.34. The number of aliphatic hydroxyl groups excluding tert-OH is 1.